The highest BCUT2D eigenvalue weighted by atomic mass is 35.5. The van der Waals surface area contributed by atoms with Gasteiger partial charge >= 0.3 is 0 Å². The molecule has 2 amide bonds. The summed E-state index contributed by atoms with van der Waals surface area (Å²) in [5.74, 6) is -0.593. The maximum Gasteiger partial charge on any atom is 0.264 e. The van der Waals surface area contributed by atoms with E-state index in [1.807, 2.05) is 37.3 Å². The predicted molar refractivity (Wildman–Crippen MR) is 180 cm³/mol. The van der Waals surface area contributed by atoms with Crippen LogP contribution in [0.5, 0.6) is 11.5 Å². The average Bonchev–Trinajstić information content (AvgIpc) is 3.06. The molecule has 0 bridgehead atoms. The van der Waals surface area contributed by atoms with Gasteiger partial charge in [0.1, 0.15) is 24.1 Å². The number of rotatable bonds is 13. The zero-order valence-corrected chi connectivity index (χ0v) is 28.2. The van der Waals surface area contributed by atoms with E-state index in [4.69, 9.17) is 32.7 Å². The van der Waals surface area contributed by atoms with Crippen LogP contribution >= 0.6 is 23.2 Å². The highest BCUT2D eigenvalue weighted by molar-refractivity contribution is 7.92. The van der Waals surface area contributed by atoms with Crippen molar-refractivity contribution in [3.63, 3.8) is 0 Å². The van der Waals surface area contributed by atoms with Crippen LogP contribution < -0.4 is 19.1 Å². The van der Waals surface area contributed by atoms with E-state index in [-0.39, 0.29) is 29.3 Å². The second-order valence-electron chi connectivity index (χ2n) is 10.4. The zero-order valence-electron chi connectivity index (χ0n) is 25.9. The molecule has 0 fully saturated rings. The molecule has 9 nitrogen and oxygen atoms in total. The molecule has 4 aromatic rings. The molecule has 0 heterocycles. The highest BCUT2D eigenvalue weighted by Gasteiger charge is 2.36. The van der Waals surface area contributed by atoms with Gasteiger partial charge in [-0.25, -0.2) is 8.42 Å². The molecule has 242 valence electrons. The molecular weight excluding hydrogens is 649 g/mol. The Morgan fingerprint density at radius 3 is 2.11 bits per heavy atom. The van der Waals surface area contributed by atoms with Crippen molar-refractivity contribution < 1.29 is 27.5 Å². The molecule has 12 heteroatoms. The first-order valence-electron chi connectivity index (χ1n) is 14.3. The lowest BCUT2D eigenvalue weighted by atomic mass is 10.0. The van der Waals surface area contributed by atoms with Gasteiger partial charge in [-0.3, -0.25) is 13.9 Å². The zero-order chi connectivity index (χ0) is 33.4. The van der Waals surface area contributed by atoms with Crippen LogP contribution in [0.4, 0.5) is 5.69 Å². The number of nitrogens with zero attached hydrogens (tertiary/aromatic N) is 2. The monoisotopic (exact) mass is 683 g/mol. The Morgan fingerprint density at radius 2 is 1.52 bits per heavy atom. The maximum absolute atomic E-state index is 14.6. The number of hydrogen-bond donors (Lipinski definition) is 1. The molecule has 0 unspecified atom stereocenters. The third-order valence-corrected chi connectivity index (χ3v) is 9.93. The van der Waals surface area contributed by atoms with Crippen LogP contribution in [0, 0.1) is 6.92 Å². The molecule has 0 spiro atoms. The Bertz CT molecular complexity index is 1770. The molecule has 0 aliphatic rings. The molecule has 1 atom stereocenters. The van der Waals surface area contributed by atoms with Crippen molar-refractivity contribution in [1.29, 1.82) is 0 Å². The number of anilines is 1. The van der Waals surface area contributed by atoms with Crippen molar-refractivity contribution in [3.8, 4) is 11.5 Å². The number of ether oxygens (including phenoxy) is 2. The van der Waals surface area contributed by atoms with E-state index in [0.717, 1.165) is 15.4 Å². The van der Waals surface area contributed by atoms with E-state index in [2.05, 4.69) is 5.32 Å². The van der Waals surface area contributed by atoms with E-state index in [1.165, 1.54) is 44.4 Å². The van der Waals surface area contributed by atoms with Gasteiger partial charge in [0.05, 0.1) is 24.8 Å². The van der Waals surface area contributed by atoms with Crippen LogP contribution in [-0.2, 0) is 32.6 Å². The van der Waals surface area contributed by atoms with Gasteiger partial charge in [0.2, 0.25) is 11.8 Å². The average molecular weight is 685 g/mol. The van der Waals surface area contributed by atoms with Gasteiger partial charge in [-0.05, 0) is 48.9 Å². The highest BCUT2D eigenvalue weighted by Crippen LogP contribution is 2.36. The summed E-state index contributed by atoms with van der Waals surface area (Å²) in [5.41, 5.74) is 2.13. The molecule has 4 rings (SSSR count). The lowest BCUT2D eigenvalue weighted by molar-refractivity contribution is -0.139. The van der Waals surface area contributed by atoms with E-state index in [0.29, 0.717) is 21.4 Å². The minimum Gasteiger partial charge on any atom is -0.497 e. The lowest BCUT2D eigenvalue weighted by Gasteiger charge is -2.34. The van der Waals surface area contributed by atoms with Crippen LogP contribution in [0.3, 0.4) is 0 Å². The van der Waals surface area contributed by atoms with Crippen molar-refractivity contribution in [2.24, 2.45) is 0 Å². The van der Waals surface area contributed by atoms with Gasteiger partial charge in [0.15, 0.2) is 0 Å². The number of likely N-dealkylation sites (N-methyl/N-ethyl adjacent to an activating group) is 1. The number of sulfonamides is 1. The molecule has 0 aliphatic carbocycles. The minimum absolute atomic E-state index is 0.0383. The predicted octanol–water partition coefficient (Wildman–Crippen LogP) is 5.90. The Hall–Kier alpha value is -4.25. The third-order valence-electron chi connectivity index (χ3n) is 7.45. The summed E-state index contributed by atoms with van der Waals surface area (Å²) in [5, 5.41) is 3.23. The van der Waals surface area contributed by atoms with E-state index < -0.39 is 34.4 Å². The summed E-state index contributed by atoms with van der Waals surface area (Å²) in [4.78, 5) is 29.3. The van der Waals surface area contributed by atoms with Crippen molar-refractivity contribution in [3.05, 3.63) is 118 Å². The van der Waals surface area contributed by atoms with Gasteiger partial charge in [0, 0.05) is 41.7 Å². The number of hydrogen-bond acceptors (Lipinski definition) is 6. The number of aryl methyl sites for hydroxylation is 1. The summed E-state index contributed by atoms with van der Waals surface area (Å²) in [6.07, 6.45) is 0.140. The number of carbonyl (C=O) groups is 2. The van der Waals surface area contributed by atoms with Gasteiger partial charge in [-0.15, -0.1) is 0 Å². The SMILES string of the molecule is CNC(=O)[C@@H](Cc1ccccc1)N(Cc1c(Cl)cccc1Cl)C(=O)CN(c1cc(OC)ccc1OC)S(=O)(=O)c1ccc(C)cc1. The fraction of sp³-hybridized carbons (Fsp3) is 0.235. The number of methoxy groups -OCH3 is 2. The molecule has 0 aliphatic heterocycles. The molecule has 0 saturated heterocycles. The Balaban J connectivity index is 1.88. The summed E-state index contributed by atoms with van der Waals surface area (Å²) in [6.45, 7) is 0.978. The molecule has 1 N–H and O–H groups in total. The molecule has 0 radical (unpaired) electrons. The van der Waals surface area contributed by atoms with Gasteiger partial charge in [-0.2, -0.15) is 0 Å². The fourth-order valence-electron chi connectivity index (χ4n) is 4.92. The summed E-state index contributed by atoms with van der Waals surface area (Å²) in [6, 6.07) is 24.0. The fourth-order valence-corrected chi connectivity index (χ4v) is 6.85. The second-order valence-corrected chi connectivity index (χ2v) is 13.1. The van der Waals surface area contributed by atoms with Gasteiger partial charge < -0.3 is 19.7 Å². The summed E-state index contributed by atoms with van der Waals surface area (Å²) in [7, 11) is -0.0397. The Morgan fingerprint density at radius 1 is 0.870 bits per heavy atom. The number of halogens is 2. The first kappa shape index (κ1) is 34.6. The van der Waals surface area contributed by atoms with Crippen LogP contribution in [-0.4, -0.2) is 59.0 Å². The van der Waals surface area contributed by atoms with Crippen LogP contribution in [0.25, 0.3) is 0 Å². The molecule has 46 heavy (non-hydrogen) atoms. The Kier molecular flexibility index (Phi) is 11.6. The standard InChI is InChI=1S/C34H35Cl2N3O6S/c1-23-13-16-26(17-14-23)46(42,43)39(30-20-25(44-3)15-18-32(30)45-4)22-33(40)38(21-27-28(35)11-8-12-29(27)36)31(34(41)37-2)19-24-9-6-5-7-10-24/h5-18,20,31H,19,21-22H2,1-4H3,(H,37,41)/t31-/m1/s1. The van der Waals surface area contributed by atoms with E-state index >= 15 is 0 Å². The van der Waals surface area contributed by atoms with Crippen LogP contribution in [0.1, 0.15) is 16.7 Å². The lowest BCUT2D eigenvalue weighted by Crippen LogP contribution is -2.53. The largest absolute Gasteiger partial charge is 0.497 e. The first-order chi connectivity index (χ1) is 22.0. The molecule has 4 aromatic carbocycles. The molecule has 0 saturated carbocycles. The van der Waals surface area contributed by atoms with E-state index in [1.54, 1.807) is 42.5 Å². The van der Waals surface area contributed by atoms with Gasteiger partial charge in [-0.1, -0.05) is 77.3 Å². The Labute approximate surface area is 279 Å². The van der Waals surface area contributed by atoms with Crippen molar-refractivity contribution in [2.75, 3.05) is 32.1 Å². The van der Waals surface area contributed by atoms with Crippen LogP contribution in [0.2, 0.25) is 10.0 Å². The van der Waals surface area contributed by atoms with Gasteiger partial charge in [0.25, 0.3) is 10.0 Å². The quantitative estimate of drug-likeness (QED) is 0.188. The number of carbonyl (C=O) groups excluding carboxylic acids is 2. The van der Waals surface area contributed by atoms with Crippen molar-refractivity contribution >= 4 is 50.7 Å². The first-order valence-corrected chi connectivity index (χ1v) is 16.5. The number of nitrogens with one attached hydrogen (secondary N) is 1. The smallest absolute Gasteiger partial charge is 0.264 e. The number of benzene rings is 4. The summed E-state index contributed by atoms with van der Waals surface area (Å²) >= 11 is 13.1. The molecular formula is C34H35Cl2N3O6S. The second kappa shape index (κ2) is 15.4. The van der Waals surface area contributed by atoms with Crippen molar-refractivity contribution in [1.82, 2.24) is 10.2 Å². The topological polar surface area (TPSA) is 105 Å². The molecule has 0 aromatic heterocycles. The third kappa shape index (κ3) is 7.93. The van der Waals surface area contributed by atoms with Crippen molar-refractivity contribution in [2.45, 2.75) is 30.8 Å². The normalized spacial score (nSPS) is 11.8. The van der Waals surface area contributed by atoms with E-state index in [9.17, 15) is 18.0 Å². The van der Waals surface area contributed by atoms with Crippen LogP contribution in [0.15, 0.2) is 95.9 Å². The summed E-state index contributed by atoms with van der Waals surface area (Å²) < 4.78 is 40.5. The minimum atomic E-state index is -4.36. The number of amides is 2. The maximum atomic E-state index is 14.6.